The number of rotatable bonds is 5. The summed E-state index contributed by atoms with van der Waals surface area (Å²) in [5, 5.41) is 9.72. The number of aryl methyl sites for hydroxylation is 1. The van der Waals surface area contributed by atoms with Gasteiger partial charge >= 0.3 is 0 Å². The highest BCUT2D eigenvalue weighted by molar-refractivity contribution is 7.99. The number of hydrogen-bond donors (Lipinski definition) is 0. The van der Waals surface area contributed by atoms with Crippen LogP contribution in [-0.2, 0) is 11.3 Å². The summed E-state index contributed by atoms with van der Waals surface area (Å²) in [4.78, 5) is 19.2. The van der Waals surface area contributed by atoms with Gasteiger partial charge in [0, 0.05) is 19.1 Å². The van der Waals surface area contributed by atoms with E-state index in [4.69, 9.17) is 5.26 Å². The number of para-hydroxylation sites is 2. The monoisotopic (exact) mass is 342 g/mol. The van der Waals surface area contributed by atoms with Crippen molar-refractivity contribution in [2.45, 2.75) is 50.4 Å². The van der Waals surface area contributed by atoms with Crippen molar-refractivity contribution >= 4 is 28.7 Å². The second-order valence-electron chi connectivity index (χ2n) is 6.16. The van der Waals surface area contributed by atoms with E-state index in [0.717, 1.165) is 35.6 Å². The zero-order valence-electron chi connectivity index (χ0n) is 13.9. The van der Waals surface area contributed by atoms with E-state index in [1.807, 2.05) is 29.2 Å². The highest BCUT2D eigenvalue weighted by Gasteiger charge is 2.23. The van der Waals surface area contributed by atoms with Crippen LogP contribution in [0.1, 0.15) is 32.6 Å². The molecule has 1 aliphatic rings. The molecule has 6 heteroatoms. The van der Waals surface area contributed by atoms with Crippen LogP contribution in [0.3, 0.4) is 0 Å². The molecule has 1 saturated heterocycles. The van der Waals surface area contributed by atoms with Gasteiger partial charge in [-0.3, -0.25) is 4.79 Å². The maximum absolute atomic E-state index is 12.5. The fourth-order valence-electron chi connectivity index (χ4n) is 3.22. The molecule has 24 heavy (non-hydrogen) atoms. The van der Waals surface area contributed by atoms with Gasteiger partial charge in [-0.2, -0.15) is 5.26 Å². The minimum atomic E-state index is 0.186. The van der Waals surface area contributed by atoms with Crippen molar-refractivity contribution in [1.29, 1.82) is 5.26 Å². The van der Waals surface area contributed by atoms with Gasteiger partial charge in [-0.15, -0.1) is 0 Å². The number of amides is 1. The Bertz CT molecular complexity index is 764. The molecule has 1 unspecified atom stereocenters. The Morgan fingerprint density at radius 1 is 1.42 bits per heavy atom. The van der Waals surface area contributed by atoms with E-state index in [9.17, 15) is 4.79 Å². The third kappa shape index (κ3) is 3.57. The van der Waals surface area contributed by atoms with E-state index in [0.29, 0.717) is 24.8 Å². The van der Waals surface area contributed by atoms with Crippen molar-refractivity contribution < 1.29 is 4.79 Å². The standard InChI is InChI=1S/C18H22N4OS/c1-14-7-4-5-11-21(14)17(23)13-24-18-20-15-8-2-3-9-16(15)22(18)12-6-10-19/h2-3,8-9,14H,4-7,11-13H2,1H3. The van der Waals surface area contributed by atoms with Crippen molar-refractivity contribution in [3.63, 3.8) is 0 Å². The molecule has 2 aromatic rings. The van der Waals surface area contributed by atoms with Gasteiger partial charge in [0.25, 0.3) is 0 Å². The van der Waals surface area contributed by atoms with Crippen LogP contribution >= 0.6 is 11.8 Å². The molecule has 0 radical (unpaired) electrons. The van der Waals surface area contributed by atoms with Crippen LogP contribution in [-0.4, -0.2) is 38.7 Å². The number of piperidine rings is 1. The number of nitrogens with zero attached hydrogens (tertiary/aromatic N) is 4. The van der Waals surface area contributed by atoms with Gasteiger partial charge in [0.1, 0.15) is 0 Å². The molecule has 1 aromatic heterocycles. The summed E-state index contributed by atoms with van der Waals surface area (Å²) < 4.78 is 2.05. The Kier molecular flexibility index (Phi) is 5.41. The van der Waals surface area contributed by atoms with Crippen molar-refractivity contribution in [2.24, 2.45) is 0 Å². The first-order chi connectivity index (χ1) is 11.7. The molecule has 0 saturated carbocycles. The fraction of sp³-hybridized carbons (Fsp3) is 0.500. The second kappa shape index (κ2) is 7.71. The molecule has 126 valence electrons. The van der Waals surface area contributed by atoms with E-state index in [-0.39, 0.29) is 5.91 Å². The molecule has 1 fully saturated rings. The van der Waals surface area contributed by atoms with E-state index in [1.54, 1.807) is 0 Å². The Labute approximate surface area is 146 Å². The predicted molar refractivity (Wildman–Crippen MR) is 95.7 cm³/mol. The van der Waals surface area contributed by atoms with Crippen molar-refractivity contribution in [3.8, 4) is 6.07 Å². The number of likely N-dealkylation sites (tertiary alicyclic amines) is 1. The van der Waals surface area contributed by atoms with E-state index >= 15 is 0 Å². The summed E-state index contributed by atoms with van der Waals surface area (Å²) in [5.41, 5.74) is 1.94. The molecule has 1 aliphatic heterocycles. The van der Waals surface area contributed by atoms with Gasteiger partial charge in [-0.25, -0.2) is 4.98 Å². The third-order valence-corrected chi connectivity index (χ3v) is 5.48. The first-order valence-electron chi connectivity index (χ1n) is 8.45. The SMILES string of the molecule is CC1CCCCN1C(=O)CSc1nc2ccccc2n1CCC#N. The summed E-state index contributed by atoms with van der Waals surface area (Å²) in [7, 11) is 0. The molecule has 1 amide bonds. The van der Waals surface area contributed by atoms with Crippen molar-refractivity contribution in [1.82, 2.24) is 14.5 Å². The van der Waals surface area contributed by atoms with Gasteiger partial charge in [0.2, 0.25) is 5.91 Å². The normalized spacial score (nSPS) is 17.8. The predicted octanol–water partition coefficient (Wildman–Crippen LogP) is 3.44. The summed E-state index contributed by atoms with van der Waals surface area (Å²) in [6.45, 7) is 3.60. The molecule has 0 aliphatic carbocycles. The van der Waals surface area contributed by atoms with Crippen LogP contribution in [0.4, 0.5) is 0 Å². The molecule has 5 nitrogen and oxygen atoms in total. The first kappa shape index (κ1) is 16.8. The van der Waals surface area contributed by atoms with Gasteiger partial charge in [-0.05, 0) is 38.3 Å². The average Bonchev–Trinajstić information content (AvgIpc) is 2.96. The number of imidazole rings is 1. The summed E-state index contributed by atoms with van der Waals surface area (Å²) >= 11 is 1.48. The number of benzene rings is 1. The van der Waals surface area contributed by atoms with Crippen LogP contribution in [0.15, 0.2) is 29.4 Å². The highest BCUT2D eigenvalue weighted by atomic mass is 32.2. The molecule has 1 aromatic carbocycles. The molecule has 0 N–H and O–H groups in total. The Morgan fingerprint density at radius 2 is 2.25 bits per heavy atom. The van der Waals surface area contributed by atoms with E-state index in [2.05, 4.69) is 22.5 Å². The zero-order valence-corrected chi connectivity index (χ0v) is 14.8. The number of nitriles is 1. The number of hydrogen-bond acceptors (Lipinski definition) is 4. The molecular weight excluding hydrogens is 320 g/mol. The lowest BCUT2D eigenvalue weighted by molar-refractivity contribution is -0.131. The smallest absolute Gasteiger partial charge is 0.233 e. The molecule has 0 spiro atoms. The van der Waals surface area contributed by atoms with Crippen LogP contribution < -0.4 is 0 Å². The average molecular weight is 342 g/mol. The molecular formula is C18H22N4OS. The third-order valence-electron chi connectivity index (χ3n) is 4.51. The summed E-state index contributed by atoms with van der Waals surface area (Å²) in [6, 6.07) is 10.4. The lowest BCUT2D eigenvalue weighted by Gasteiger charge is -2.33. The van der Waals surface area contributed by atoms with E-state index in [1.165, 1.54) is 18.2 Å². The van der Waals surface area contributed by atoms with Gasteiger partial charge in [0.15, 0.2) is 5.16 Å². The maximum Gasteiger partial charge on any atom is 0.233 e. The zero-order chi connectivity index (χ0) is 16.9. The summed E-state index contributed by atoms with van der Waals surface area (Å²) in [6.07, 6.45) is 3.84. The number of thioether (sulfide) groups is 1. The number of aromatic nitrogens is 2. The summed E-state index contributed by atoms with van der Waals surface area (Å²) in [5.74, 6) is 0.589. The lowest BCUT2D eigenvalue weighted by atomic mass is 10.0. The minimum absolute atomic E-state index is 0.186. The molecule has 0 bridgehead atoms. The number of fused-ring (bicyclic) bond motifs is 1. The van der Waals surface area contributed by atoms with Crippen LogP contribution in [0.5, 0.6) is 0 Å². The van der Waals surface area contributed by atoms with Crippen LogP contribution in [0.2, 0.25) is 0 Å². The molecule has 1 atom stereocenters. The van der Waals surface area contributed by atoms with Gasteiger partial charge in [0.05, 0.1) is 29.3 Å². The van der Waals surface area contributed by atoms with Crippen molar-refractivity contribution in [2.75, 3.05) is 12.3 Å². The van der Waals surface area contributed by atoms with Gasteiger partial charge < -0.3 is 9.47 Å². The quantitative estimate of drug-likeness (QED) is 0.781. The van der Waals surface area contributed by atoms with Crippen molar-refractivity contribution in [3.05, 3.63) is 24.3 Å². The van der Waals surface area contributed by atoms with Gasteiger partial charge in [-0.1, -0.05) is 23.9 Å². The van der Waals surface area contributed by atoms with E-state index < -0.39 is 0 Å². The minimum Gasteiger partial charge on any atom is -0.339 e. The Morgan fingerprint density at radius 3 is 3.04 bits per heavy atom. The Hall–Kier alpha value is -2.00. The largest absolute Gasteiger partial charge is 0.339 e. The Balaban J connectivity index is 1.74. The number of carbonyl (C=O) groups excluding carboxylic acids is 1. The molecule has 2 heterocycles. The first-order valence-corrected chi connectivity index (χ1v) is 9.43. The molecule has 3 rings (SSSR count). The lowest BCUT2D eigenvalue weighted by Crippen LogP contribution is -2.42. The fourth-order valence-corrected chi connectivity index (χ4v) is 4.15. The topological polar surface area (TPSA) is 61.9 Å². The highest BCUT2D eigenvalue weighted by Crippen LogP contribution is 2.26. The van der Waals surface area contributed by atoms with Crippen LogP contribution in [0.25, 0.3) is 11.0 Å². The second-order valence-corrected chi connectivity index (χ2v) is 7.11. The maximum atomic E-state index is 12.5. The number of carbonyl (C=O) groups is 1. The van der Waals surface area contributed by atoms with Crippen LogP contribution in [0, 0.1) is 11.3 Å².